The predicted octanol–water partition coefficient (Wildman–Crippen LogP) is 3.13. The Morgan fingerprint density at radius 1 is 1.18 bits per heavy atom. The zero-order chi connectivity index (χ0) is 15.4. The van der Waals surface area contributed by atoms with E-state index in [0.29, 0.717) is 10.9 Å². The number of carbonyl (C=O) groups is 1. The second-order valence-electron chi connectivity index (χ2n) is 4.71. The van der Waals surface area contributed by atoms with E-state index in [1.54, 1.807) is 0 Å². The van der Waals surface area contributed by atoms with Crippen LogP contribution in [0.25, 0.3) is 10.2 Å². The highest BCUT2D eigenvalue weighted by Gasteiger charge is 2.06. The van der Waals surface area contributed by atoms with Crippen LogP contribution in [0.1, 0.15) is 5.56 Å². The first-order valence-electron chi connectivity index (χ1n) is 6.81. The summed E-state index contributed by atoms with van der Waals surface area (Å²) in [4.78, 5) is 16.2. The maximum Gasteiger partial charge on any atom is 0.276 e. The minimum atomic E-state index is -0.262. The standard InChI is InChI=1S/C16H15N3O2S/c1-11-6-2-4-8-13(11)21-10-15(20)18-19-16-17-12-7-3-5-9-14(12)22-16/h2-9H,10H2,1H3,(H,17,19)(H,18,20). The van der Waals surface area contributed by atoms with Gasteiger partial charge in [-0.2, -0.15) is 0 Å². The Morgan fingerprint density at radius 3 is 2.77 bits per heavy atom. The molecule has 3 rings (SSSR count). The van der Waals surface area contributed by atoms with Crippen molar-refractivity contribution < 1.29 is 9.53 Å². The Balaban J connectivity index is 1.53. The number of benzene rings is 2. The van der Waals surface area contributed by atoms with E-state index in [4.69, 9.17) is 4.74 Å². The molecule has 2 aromatic carbocycles. The first kappa shape index (κ1) is 14.3. The number of aryl methyl sites for hydroxylation is 1. The number of hydrogen-bond donors (Lipinski definition) is 2. The lowest BCUT2D eigenvalue weighted by Crippen LogP contribution is -2.33. The van der Waals surface area contributed by atoms with Crippen LogP contribution >= 0.6 is 11.3 Å². The molecule has 6 heteroatoms. The quantitative estimate of drug-likeness (QED) is 0.710. The third-order valence-electron chi connectivity index (χ3n) is 3.06. The Kier molecular flexibility index (Phi) is 4.20. The highest BCUT2D eigenvalue weighted by molar-refractivity contribution is 7.22. The van der Waals surface area contributed by atoms with E-state index in [-0.39, 0.29) is 12.5 Å². The molecule has 0 saturated heterocycles. The number of nitrogens with one attached hydrogen (secondary N) is 2. The number of amides is 1. The molecule has 0 radical (unpaired) electrons. The van der Waals surface area contributed by atoms with Crippen LogP contribution in [-0.4, -0.2) is 17.5 Å². The average Bonchev–Trinajstić information content (AvgIpc) is 2.95. The van der Waals surface area contributed by atoms with Crippen molar-refractivity contribution in [2.45, 2.75) is 6.92 Å². The fourth-order valence-corrected chi connectivity index (χ4v) is 2.77. The van der Waals surface area contributed by atoms with Gasteiger partial charge >= 0.3 is 0 Å². The van der Waals surface area contributed by atoms with Crippen molar-refractivity contribution in [3.63, 3.8) is 0 Å². The van der Waals surface area contributed by atoms with Gasteiger partial charge in [0.15, 0.2) is 6.61 Å². The van der Waals surface area contributed by atoms with Gasteiger partial charge in [-0.25, -0.2) is 4.98 Å². The van der Waals surface area contributed by atoms with Crippen LogP contribution in [-0.2, 0) is 4.79 Å². The van der Waals surface area contributed by atoms with Crippen LogP contribution in [0, 0.1) is 6.92 Å². The van der Waals surface area contributed by atoms with E-state index >= 15 is 0 Å². The van der Waals surface area contributed by atoms with Crippen LogP contribution in [0.2, 0.25) is 0 Å². The molecule has 0 fully saturated rings. The molecule has 112 valence electrons. The molecule has 0 bridgehead atoms. The Bertz CT molecular complexity index is 768. The normalized spacial score (nSPS) is 10.4. The van der Waals surface area contributed by atoms with Crippen molar-refractivity contribution in [1.29, 1.82) is 0 Å². The highest BCUT2D eigenvalue weighted by atomic mass is 32.1. The molecule has 0 spiro atoms. The number of fused-ring (bicyclic) bond motifs is 1. The highest BCUT2D eigenvalue weighted by Crippen LogP contribution is 2.24. The summed E-state index contributed by atoms with van der Waals surface area (Å²) in [6, 6.07) is 15.4. The lowest BCUT2D eigenvalue weighted by Gasteiger charge is -2.09. The van der Waals surface area contributed by atoms with Gasteiger partial charge < -0.3 is 4.74 Å². The second-order valence-corrected chi connectivity index (χ2v) is 5.74. The van der Waals surface area contributed by atoms with Gasteiger partial charge in [0, 0.05) is 0 Å². The summed E-state index contributed by atoms with van der Waals surface area (Å²) in [6.07, 6.45) is 0. The summed E-state index contributed by atoms with van der Waals surface area (Å²) in [7, 11) is 0. The summed E-state index contributed by atoms with van der Waals surface area (Å²) in [5.74, 6) is 0.445. The monoisotopic (exact) mass is 313 g/mol. The van der Waals surface area contributed by atoms with Gasteiger partial charge in [0.1, 0.15) is 5.75 Å². The fraction of sp³-hybridized carbons (Fsp3) is 0.125. The van der Waals surface area contributed by atoms with Crippen LogP contribution in [0.3, 0.4) is 0 Å². The largest absolute Gasteiger partial charge is 0.483 e. The van der Waals surface area contributed by atoms with Crippen molar-refractivity contribution in [3.8, 4) is 5.75 Å². The topological polar surface area (TPSA) is 63.2 Å². The van der Waals surface area contributed by atoms with E-state index in [0.717, 1.165) is 15.8 Å². The van der Waals surface area contributed by atoms with Gasteiger partial charge in [0.05, 0.1) is 10.2 Å². The van der Waals surface area contributed by atoms with Crippen molar-refractivity contribution in [2.24, 2.45) is 0 Å². The SMILES string of the molecule is Cc1ccccc1OCC(=O)NNc1nc2ccccc2s1. The second kappa shape index (κ2) is 6.44. The number of carbonyl (C=O) groups excluding carboxylic acids is 1. The van der Waals surface area contributed by atoms with Crippen molar-refractivity contribution in [1.82, 2.24) is 10.4 Å². The number of anilines is 1. The molecule has 0 aliphatic heterocycles. The van der Waals surface area contributed by atoms with Gasteiger partial charge in [-0.05, 0) is 30.7 Å². The maximum atomic E-state index is 11.8. The van der Waals surface area contributed by atoms with Crippen molar-refractivity contribution in [3.05, 3.63) is 54.1 Å². The van der Waals surface area contributed by atoms with Crippen LogP contribution < -0.4 is 15.6 Å². The number of thiazole rings is 1. The lowest BCUT2D eigenvalue weighted by molar-refractivity contribution is -0.122. The number of aromatic nitrogens is 1. The Labute approximate surface area is 131 Å². The first-order chi connectivity index (χ1) is 10.7. The summed E-state index contributed by atoms with van der Waals surface area (Å²) in [5.41, 5.74) is 7.29. The molecule has 22 heavy (non-hydrogen) atoms. The molecule has 3 aromatic rings. The van der Waals surface area contributed by atoms with Crippen LogP contribution in [0.15, 0.2) is 48.5 Å². The summed E-state index contributed by atoms with van der Waals surface area (Å²) < 4.78 is 6.54. The van der Waals surface area contributed by atoms with E-state index < -0.39 is 0 Å². The molecule has 1 heterocycles. The first-order valence-corrected chi connectivity index (χ1v) is 7.63. The summed E-state index contributed by atoms with van der Waals surface area (Å²) >= 11 is 1.48. The molecule has 0 aliphatic rings. The minimum absolute atomic E-state index is 0.0528. The van der Waals surface area contributed by atoms with E-state index in [2.05, 4.69) is 15.8 Å². The van der Waals surface area contributed by atoms with Gasteiger partial charge in [-0.15, -0.1) is 0 Å². The molecule has 0 saturated carbocycles. The average molecular weight is 313 g/mol. The number of ether oxygens (including phenoxy) is 1. The minimum Gasteiger partial charge on any atom is -0.483 e. The number of nitrogens with zero attached hydrogens (tertiary/aromatic N) is 1. The zero-order valence-electron chi connectivity index (χ0n) is 12.0. The van der Waals surface area contributed by atoms with Gasteiger partial charge in [-0.3, -0.25) is 15.6 Å². The molecule has 0 unspecified atom stereocenters. The molecule has 2 N–H and O–H groups in total. The number of hydrogen-bond acceptors (Lipinski definition) is 5. The Morgan fingerprint density at radius 2 is 1.95 bits per heavy atom. The fourth-order valence-electron chi connectivity index (χ4n) is 1.95. The molecule has 1 amide bonds. The lowest BCUT2D eigenvalue weighted by atomic mass is 10.2. The molecule has 0 aliphatic carbocycles. The molecule has 0 atom stereocenters. The molecular weight excluding hydrogens is 298 g/mol. The smallest absolute Gasteiger partial charge is 0.276 e. The molecule has 1 aromatic heterocycles. The van der Waals surface area contributed by atoms with E-state index in [9.17, 15) is 4.79 Å². The van der Waals surface area contributed by atoms with Gasteiger partial charge in [-0.1, -0.05) is 41.7 Å². The van der Waals surface area contributed by atoms with Gasteiger partial charge in [0.25, 0.3) is 5.91 Å². The third-order valence-corrected chi connectivity index (χ3v) is 4.01. The van der Waals surface area contributed by atoms with Crippen LogP contribution in [0.5, 0.6) is 5.75 Å². The number of rotatable bonds is 5. The number of para-hydroxylation sites is 2. The summed E-state index contributed by atoms with van der Waals surface area (Å²) in [6.45, 7) is 1.88. The van der Waals surface area contributed by atoms with E-state index in [1.807, 2.05) is 55.5 Å². The van der Waals surface area contributed by atoms with Crippen molar-refractivity contribution in [2.75, 3.05) is 12.0 Å². The maximum absolute atomic E-state index is 11.8. The van der Waals surface area contributed by atoms with Crippen LogP contribution in [0.4, 0.5) is 5.13 Å². The number of hydrazine groups is 1. The molecule has 5 nitrogen and oxygen atoms in total. The van der Waals surface area contributed by atoms with Gasteiger partial charge in [0.2, 0.25) is 5.13 Å². The molecular formula is C16H15N3O2S. The predicted molar refractivity (Wildman–Crippen MR) is 88.1 cm³/mol. The van der Waals surface area contributed by atoms with Crippen molar-refractivity contribution >= 4 is 32.6 Å². The van der Waals surface area contributed by atoms with E-state index in [1.165, 1.54) is 11.3 Å². The zero-order valence-corrected chi connectivity index (χ0v) is 12.8. The third kappa shape index (κ3) is 3.35. The summed E-state index contributed by atoms with van der Waals surface area (Å²) in [5, 5.41) is 0.644. The Hall–Kier alpha value is -2.60.